The summed E-state index contributed by atoms with van der Waals surface area (Å²) in [6.07, 6.45) is 0.629. The van der Waals surface area contributed by atoms with Crippen LogP contribution in [0.2, 0.25) is 0 Å². The second-order valence-corrected chi connectivity index (χ2v) is 6.63. The van der Waals surface area contributed by atoms with Crippen molar-refractivity contribution in [3.63, 3.8) is 0 Å². The summed E-state index contributed by atoms with van der Waals surface area (Å²) < 4.78 is 28.8. The van der Waals surface area contributed by atoms with E-state index in [0.717, 1.165) is 6.54 Å². The Morgan fingerprint density at radius 1 is 1.44 bits per heavy atom. The van der Waals surface area contributed by atoms with Crippen LogP contribution >= 0.6 is 11.3 Å². The summed E-state index contributed by atoms with van der Waals surface area (Å²) in [7, 11) is -1.42. The van der Waals surface area contributed by atoms with E-state index >= 15 is 0 Å². The number of ether oxygens (including phenoxy) is 1. The van der Waals surface area contributed by atoms with Crippen LogP contribution in [0.3, 0.4) is 0 Å². The van der Waals surface area contributed by atoms with Gasteiger partial charge in [0.2, 0.25) is 0 Å². The quantitative estimate of drug-likeness (QED) is 0.715. The molecule has 4 nitrogen and oxygen atoms in total. The molecule has 0 saturated heterocycles. The molecule has 1 rings (SSSR count). The first-order valence-corrected chi connectivity index (χ1v) is 7.66. The second kappa shape index (κ2) is 7.01. The molecule has 0 saturated carbocycles. The smallest absolute Gasteiger partial charge is 0.187 e. The molecule has 0 radical (unpaired) electrons. The van der Waals surface area contributed by atoms with E-state index in [9.17, 15) is 8.42 Å². The van der Waals surface area contributed by atoms with Crippen molar-refractivity contribution >= 4 is 21.2 Å². The molecule has 0 bridgehead atoms. The van der Waals surface area contributed by atoms with Crippen LogP contribution in [-0.2, 0) is 14.6 Å². The highest BCUT2D eigenvalue weighted by Gasteiger charge is 2.14. The highest BCUT2D eigenvalue weighted by atomic mass is 32.2. The molecule has 1 heterocycles. The van der Waals surface area contributed by atoms with Crippen molar-refractivity contribution in [3.05, 3.63) is 17.5 Å². The molecule has 0 aromatic carbocycles. The molecule has 0 atom stereocenters. The Balaban J connectivity index is 2.22. The van der Waals surface area contributed by atoms with Gasteiger partial charge in [-0.3, -0.25) is 0 Å². The lowest BCUT2D eigenvalue weighted by Gasteiger charge is -2.04. The monoisotopic (exact) mass is 263 g/mol. The summed E-state index contributed by atoms with van der Waals surface area (Å²) in [6, 6.07) is 3.41. The fourth-order valence-electron chi connectivity index (χ4n) is 1.23. The summed E-state index contributed by atoms with van der Waals surface area (Å²) in [6.45, 7) is 2.11. The van der Waals surface area contributed by atoms with Gasteiger partial charge in [-0.25, -0.2) is 8.42 Å². The average molecular weight is 263 g/mol. The SMILES string of the molecule is COCCNCCCS(=O)(=O)c1cccs1. The van der Waals surface area contributed by atoms with Crippen molar-refractivity contribution in [2.45, 2.75) is 10.6 Å². The van der Waals surface area contributed by atoms with Gasteiger partial charge >= 0.3 is 0 Å². The van der Waals surface area contributed by atoms with Crippen LogP contribution in [0.1, 0.15) is 6.42 Å². The first-order chi connectivity index (χ1) is 7.67. The van der Waals surface area contributed by atoms with Crippen molar-refractivity contribution in [1.82, 2.24) is 5.32 Å². The van der Waals surface area contributed by atoms with E-state index in [0.29, 0.717) is 23.8 Å². The van der Waals surface area contributed by atoms with Gasteiger partial charge in [-0.15, -0.1) is 11.3 Å². The highest BCUT2D eigenvalue weighted by Crippen LogP contribution is 2.17. The third-order valence-electron chi connectivity index (χ3n) is 2.05. The van der Waals surface area contributed by atoms with Crippen LogP contribution in [-0.4, -0.2) is 41.0 Å². The summed E-state index contributed by atoms with van der Waals surface area (Å²) in [5.74, 6) is 0.202. The maximum atomic E-state index is 11.7. The number of rotatable bonds is 8. The Morgan fingerprint density at radius 2 is 2.25 bits per heavy atom. The molecule has 16 heavy (non-hydrogen) atoms. The Hall–Kier alpha value is -0.430. The topological polar surface area (TPSA) is 55.4 Å². The summed E-state index contributed by atoms with van der Waals surface area (Å²) in [5.41, 5.74) is 0. The maximum Gasteiger partial charge on any atom is 0.187 e. The molecule has 0 aliphatic rings. The maximum absolute atomic E-state index is 11.7. The molecule has 92 valence electrons. The van der Waals surface area contributed by atoms with Crippen LogP contribution in [0.15, 0.2) is 21.7 Å². The van der Waals surface area contributed by atoms with E-state index in [2.05, 4.69) is 5.32 Å². The van der Waals surface area contributed by atoms with Gasteiger partial charge in [-0.1, -0.05) is 6.07 Å². The van der Waals surface area contributed by atoms with Gasteiger partial charge in [0.05, 0.1) is 12.4 Å². The molecular weight excluding hydrogens is 246 g/mol. The molecule has 0 aliphatic carbocycles. The van der Waals surface area contributed by atoms with Gasteiger partial charge < -0.3 is 10.1 Å². The van der Waals surface area contributed by atoms with Crippen molar-refractivity contribution in [3.8, 4) is 0 Å². The largest absolute Gasteiger partial charge is 0.383 e. The fraction of sp³-hybridized carbons (Fsp3) is 0.600. The summed E-state index contributed by atoms with van der Waals surface area (Å²) in [5, 5.41) is 4.90. The Bertz CT molecular complexity index is 373. The molecule has 0 amide bonds. The van der Waals surface area contributed by atoms with E-state index in [1.807, 2.05) is 0 Å². The normalized spacial score (nSPS) is 11.8. The van der Waals surface area contributed by atoms with Crippen LogP contribution in [0, 0.1) is 0 Å². The van der Waals surface area contributed by atoms with Crippen LogP contribution in [0.4, 0.5) is 0 Å². The van der Waals surface area contributed by atoms with Crippen molar-refractivity contribution in [1.29, 1.82) is 0 Å². The first-order valence-electron chi connectivity index (χ1n) is 5.13. The zero-order valence-electron chi connectivity index (χ0n) is 9.31. The van der Waals surface area contributed by atoms with E-state index in [4.69, 9.17) is 4.74 Å². The molecule has 0 aliphatic heterocycles. The highest BCUT2D eigenvalue weighted by molar-refractivity contribution is 7.93. The van der Waals surface area contributed by atoms with Crippen molar-refractivity contribution in [2.75, 3.05) is 32.6 Å². The zero-order chi connectivity index (χ0) is 11.9. The minimum Gasteiger partial charge on any atom is -0.383 e. The van der Waals surface area contributed by atoms with E-state index in [1.165, 1.54) is 11.3 Å². The lowest BCUT2D eigenvalue weighted by atomic mass is 10.5. The summed E-state index contributed by atoms with van der Waals surface area (Å²) >= 11 is 1.27. The Labute approximate surface area is 101 Å². The van der Waals surface area contributed by atoms with Gasteiger partial charge in [0.15, 0.2) is 9.84 Å². The molecule has 0 spiro atoms. The lowest BCUT2D eigenvalue weighted by Crippen LogP contribution is -2.22. The van der Waals surface area contributed by atoms with E-state index < -0.39 is 9.84 Å². The number of methoxy groups -OCH3 is 1. The number of thiophene rings is 1. The van der Waals surface area contributed by atoms with Crippen LogP contribution in [0.5, 0.6) is 0 Å². The Morgan fingerprint density at radius 3 is 2.88 bits per heavy atom. The van der Waals surface area contributed by atoms with Crippen LogP contribution in [0.25, 0.3) is 0 Å². The Kier molecular flexibility index (Phi) is 5.97. The standard InChI is InChI=1S/C10H17NO3S2/c1-14-7-6-11-5-3-9-16(12,13)10-4-2-8-15-10/h2,4,8,11H,3,5-7,9H2,1H3. The van der Waals surface area contributed by atoms with Gasteiger partial charge in [-0.05, 0) is 24.4 Å². The molecule has 1 aromatic heterocycles. The number of hydrogen-bond donors (Lipinski definition) is 1. The predicted molar refractivity (Wildman–Crippen MR) is 65.7 cm³/mol. The first kappa shape index (κ1) is 13.6. The third-order valence-corrected chi connectivity index (χ3v) is 5.34. The van der Waals surface area contributed by atoms with Crippen molar-refractivity contribution < 1.29 is 13.2 Å². The number of nitrogens with one attached hydrogen (secondary N) is 1. The van der Waals surface area contributed by atoms with Gasteiger partial charge in [0.1, 0.15) is 4.21 Å². The van der Waals surface area contributed by atoms with Gasteiger partial charge in [-0.2, -0.15) is 0 Å². The molecule has 6 heteroatoms. The number of hydrogen-bond acceptors (Lipinski definition) is 5. The van der Waals surface area contributed by atoms with Crippen molar-refractivity contribution in [2.24, 2.45) is 0 Å². The van der Waals surface area contributed by atoms with E-state index in [-0.39, 0.29) is 5.75 Å². The predicted octanol–water partition coefficient (Wildman–Crippen LogP) is 1.15. The fourth-order valence-corrected chi connectivity index (χ4v) is 3.69. The van der Waals surface area contributed by atoms with E-state index in [1.54, 1.807) is 24.6 Å². The second-order valence-electron chi connectivity index (χ2n) is 3.35. The van der Waals surface area contributed by atoms with Gasteiger partial charge in [0.25, 0.3) is 0 Å². The molecule has 1 aromatic rings. The van der Waals surface area contributed by atoms with Gasteiger partial charge in [0, 0.05) is 13.7 Å². The lowest BCUT2D eigenvalue weighted by molar-refractivity contribution is 0.199. The zero-order valence-corrected chi connectivity index (χ0v) is 10.9. The minimum atomic E-state index is -3.06. The average Bonchev–Trinajstić information content (AvgIpc) is 2.77. The molecule has 0 fully saturated rings. The summed E-state index contributed by atoms with van der Waals surface area (Å²) in [4.78, 5) is 0. The number of sulfone groups is 1. The molecule has 0 unspecified atom stereocenters. The minimum absolute atomic E-state index is 0.202. The molecular formula is C10H17NO3S2. The van der Waals surface area contributed by atoms with Crippen LogP contribution < -0.4 is 5.32 Å². The third kappa shape index (κ3) is 4.61. The molecule has 1 N–H and O–H groups in total.